The van der Waals surface area contributed by atoms with Gasteiger partial charge in [0.1, 0.15) is 6.10 Å². The Hall–Kier alpha value is -1.21. The van der Waals surface area contributed by atoms with E-state index in [2.05, 4.69) is 46.5 Å². The number of hydrogen-bond donors (Lipinski definition) is 3. The number of nitrogens with one attached hydrogen (secondary N) is 2. The van der Waals surface area contributed by atoms with Crippen LogP contribution in [-0.4, -0.2) is 110 Å². The van der Waals surface area contributed by atoms with Crippen molar-refractivity contribution in [3.05, 3.63) is 0 Å². The van der Waals surface area contributed by atoms with E-state index in [1.807, 2.05) is 27.7 Å². The number of morpholine rings is 1. The summed E-state index contributed by atoms with van der Waals surface area (Å²) in [6, 6.07) is 0. The Morgan fingerprint density at radius 3 is 2.54 bits per heavy atom. The number of fused-ring (bicyclic) bond motifs is 4. The third-order valence-electron chi connectivity index (χ3n) is 16.9. The number of carbonyl (C=O) groups is 1. The highest BCUT2D eigenvalue weighted by Crippen LogP contribution is 2.87. The Bertz CT molecular complexity index is 1400. The molecule has 3 heterocycles. The maximum absolute atomic E-state index is 12.1. The van der Waals surface area contributed by atoms with Gasteiger partial charge in [-0.1, -0.05) is 20.8 Å². The van der Waals surface area contributed by atoms with Crippen LogP contribution < -0.4 is 10.6 Å². The fraction of sp³-hybridized carbons (Fsp3) is 0.977. The molecule has 11 heteroatoms. The average molecular weight is 756 g/mol. The van der Waals surface area contributed by atoms with Gasteiger partial charge in [-0.2, -0.15) is 10.2 Å². The van der Waals surface area contributed by atoms with Crippen molar-refractivity contribution < 1.29 is 28.8 Å². The molecule has 54 heavy (non-hydrogen) atoms. The summed E-state index contributed by atoms with van der Waals surface area (Å²) in [6.45, 7) is 21.7. The predicted molar refractivity (Wildman–Crippen MR) is 207 cm³/mol. The lowest BCUT2D eigenvalue weighted by atomic mass is 9.46. The van der Waals surface area contributed by atoms with E-state index in [1.54, 1.807) is 0 Å². The van der Waals surface area contributed by atoms with Crippen molar-refractivity contribution in [1.82, 2.24) is 15.5 Å². The third-order valence-corrected chi connectivity index (χ3v) is 16.9. The first kappa shape index (κ1) is 39.6. The topological polar surface area (TPSA) is 126 Å². The first-order valence-electron chi connectivity index (χ1n) is 22.0. The number of carbonyl (C=O) groups excluding carboxylic acids is 1. The minimum Gasteiger partial charge on any atom is -0.388 e. The van der Waals surface area contributed by atoms with Gasteiger partial charge in [0.25, 0.3) is 0 Å². The van der Waals surface area contributed by atoms with Crippen molar-refractivity contribution in [1.29, 1.82) is 0 Å². The number of nitrogens with zero attached hydrogens (tertiary/aromatic N) is 3. The van der Waals surface area contributed by atoms with Crippen molar-refractivity contribution in [2.75, 3.05) is 52.5 Å². The highest BCUT2D eigenvalue weighted by Gasteiger charge is 2.80. The van der Waals surface area contributed by atoms with Gasteiger partial charge in [0.15, 0.2) is 12.0 Å². The van der Waals surface area contributed by atoms with Crippen LogP contribution in [0.15, 0.2) is 10.2 Å². The van der Waals surface area contributed by atoms with Crippen molar-refractivity contribution in [2.24, 2.45) is 55.6 Å². The van der Waals surface area contributed by atoms with Gasteiger partial charge in [0, 0.05) is 58.7 Å². The van der Waals surface area contributed by atoms with Crippen LogP contribution in [0.2, 0.25) is 0 Å². The molecule has 7 fully saturated rings. The molecule has 12 atom stereocenters. The largest absolute Gasteiger partial charge is 0.388 e. The maximum atomic E-state index is 12.1. The molecule has 1 amide bonds. The standard InChI is InChI=1S/C43H73N5O6/c1-8-51-37(39(4,5)50)31-11-9-29-32(53-31)25-30-28-10-12-33-38(2,3)34(13-16-43(33)27-42(28,43)18-17-40(29,30)6)54-36-26-48(23-24-52-36)22-21-44-19-20-45-35(49)14-15-41(7)46-47-41/h28-34,36-37,44,50H,8-27H2,1-7H3,(H,45,49)/t28?,29?,30?,31?,32?,33?,34-,36?,37-,40?,42-,43?/m0/s1. The van der Waals surface area contributed by atoms with Crippen LogP contribution in [0.25, 0.3) is 0 Å². The lowest BCUT2D eigenvalue weighted by Gasteiger charge is -2.60. The molecule has 2 spiro atoms. The predicted octanol–water partition coefficient (Wildman–Crippen LogP) is 6.08. The Morgan fingerprint density at radius 2 is 1.78 bits per heavy atom. The molecule has 0 aromatic rings. The molecule has 8 aliphatic rings. The molecule has 5 saturated carbocycles. The van der Waals surface area contributed by atoms with Crippen LogP contribution in [-0.2, 0) is 23.7 Å². The van der Waals surface area contributed by atoms with E-state index < -0.39 is 5.60 Å². The monoisotopic (exact) mass is 756 g/mol. The fourth-order valence-corrected chi connectivity index (χ4v) is 14.1. The summed E-state index contributed by atoms with van der Waals surface area (Å²) in [6.07, 6.45) is 13.9. The highest BCUT2D eigenvalue weighted by atomic mass is 16.7. The summed E-state index contributed by atoms with van der Waals surface area (Å²) in [7, 11) is 0. The van der Waals surface area contributed by atoms with Gasteiger partial charge in [0.05, 0.1) is 30.5 Å². The van der Waals surface area contributed by atoms with Crippen LogP contribution >= 0.6 is 0 Å². The molecule has 0 radical (unpaired) electrons. The molecular weight excluding hydrogens is 683 g/mol. The van der Waals surface area contributed by atoms with Crippen molar-refractivity contribution in [3.63, 3.8) is 0 Å². The van der Waals surface area contributed by atoms with Gasteiger partial charge in [-0.3, -0.25) is 9.69 Å². The van der Waals surface area contributed by atoms with E-state index in [-0.39, 0.29) is 41.6 Å². The number of ether oxygens (including phenoxy) is 4. The zero-order valence-corrected chi connectivity index (χ0v) is 34.7. The second-order valence-corrected chi connectivity index (χ2v) is 20.6. The van der Waals surface area contributed by atoms with Crippen LogP contribution in [0.3, 0.4) is 0 Å². The molecule has 8 rings (SSSR count). The molecule has 2 saturated heterocycles. The fourth-order valence-electron chi connectivity index (χ4n) is 14.1. The summed E-state index contributed by atoms with van der Waals surface area (Å²) in [5.41, 5.74) is 0.248. The van der Waals surface area contributed by atoms with Crippen molar-refractivity contribution in [2.45, 2.75) is 167 Å². The molecule has 5 aliphatic carbocycles. The summed E-state index contributed by atoms with van der Waals surface area (Å²) >= 11 is 0. The molecule has 306 valence electrons. The minimum atomic E-state index is -0.911. The van der Waals surface area contributed by atoms with Gasteiger partial charge in [-0.25, -0.2) is 0 Å². The normalized spacial score (nSPS) is 43.6. The zero-order valence-electron chi connectivity index (χ0n) is 34.7. The summed E-state index contributed by atoms with van der Waals surface area (Å²) in [5, 5.41) is 25.4. The summed E-state index contributed by atoms with van der Waals surface area (Å²) in [4.78, 5) is 14.6. The molecular formula is C43H73N5O6. The second kappa shape index (κ2) is 14.6. The van der Waals surface area contributed by atoms with Gasteiger partial charge in [-0.05, 0) is 137 Å². The van der Waals surface area contributed by atoms with Crippen LogP contribution in [0.5, 0.6) is 0 Å². The van der Waals surface area contributed by atoms with Crippen molar-refractivity contribution in [3.8, 4) is 0 Å². The van der Waals surface area contributed by atoms with E-state index in [4.69, 9.17) is 18.9 Å². The number of hydrogen-bond acceptors (Lipinski definition) is 10. The maximum Gasteiger partial charge on any atom is 0.220 e. The molecule has 3 N–H and O–H groups in total. The average Bonchev–Trinajstić information content (AvgIpc) is 4.01. The minimum absolute atomic E-state index is 0.0227. The zero-order chi connectivity index (χ0) is 38.1. The molecule has 3 aliphatic heterocycles. The van der Waals surface area contributed by atoms with E-state index in [9.17, 15) is 9.90 Å². The molecule has 9 unspecified atom stereocenters. The smallest absolute Gasteiger partial charge is 0.220 e. The lowest BCUT2D eigenvalue weighted by Crippen LogP contribution is -2.56. The molecule has 0 aromatic heterocycles. The lowest BCUT2D eigenvalue weighted by molar-refractivity contribution is -0.245. The van der Waals surface area contributed by atoms with Crippen LogP contribution in [0.4, 0.5) is 0 Å². The number of rotatable bonds is 15. The van der Waals surface area contributed by atoms with E-state index in [1.165, 1.54) is 51.4 Å². The van der Waals surface area contributed by atoms with Gasteiger partial charge >= 0.3 is 0 Å². The number of aliphatic hydroxyl groups is 1. The van der Waals surface area contributed by atoms with Crippen LogP contribution in [0.1, 0.15) is 126 Å². The molecule has 11 nitrogen and oxygen atoms in total. The second-order valence-electron chi connectivity index (χ2n) is 20.6. The first-order valence-corrected chi connectivity index (χ1v) is 22.0. The Balaban J connectivity index is 0.825. The quantitative estimate of drug-likeness (QED) is 0.172. The van der Waals surface area contributed by atoms with E-state index >= 15 is 0 Å². The molecule has 0 aromatic carbocycles. The number of amides is 1. The Labute approximate surface area is 325 Å². The third kappa shape index (κ3) is 7.03. The Kier molecular flexibility index (Phi) is 10.7. The Morgan fingerprint density at radius 1 is 0.981 bits per heavy atom. The van der Waals surface area contributed by atoms with Gasteiger partial charge in [-0.15, -0.1) is 0 Å². The van der Waals surface area contributed by atoms with Crippen molar-refractivity contribution >= 4 is 5.91 Å². The van der Waals surface area contributed by atoms with Gasteiger partial charge in [0.2, 0.25) is 5.91 Å². The highest BCUT2D eigenvalue weighted by molar-refractivity contribution is 5.75. The van der Waals surface area contributed by atoms with E-state index in [0.29, 0.717) is 66.8 Å². The summed E-state index contributed by atoms with van der Waals surface area (Å²) in [5.74, 6) is 2.97. The molecule has 0 bridgehead atoms. The first-order chi connectivity index (χ1) is 25.6. The summed E-state index contributed by atoms with van der Waals surface area (Å²) < 4.78 is 26.4. The van der Waals surface area contributed by atoms with E-state index in [0.717, 1.165) is 57.4 Å². The van der Waals surface area contributed by atoms with Gasteiger partial charge < -0.3 is 34.7 Å². The SMILES string of the molecule is CCO[C@@H](C1CCC2C(CC3C4CCC5C(C)(C)[C@@H](OC6CN(CCNCCNC(=O)CCC7(C)N=N7)CCO6)CCC56C[C@@]46CCC23C)O1)C(C)(C)O. The van der Waals surface area contributed by atoms with Crippen LogP contribution in [0, 0.1) is 45.3 Å².